The van der Waals surface area contributed by atoms with Gasteiger partial charge in [-0.1, -0.05) is 0 Å². The van der Waals surface area contributed by atoms with Gasteiger partial charge in [0.05, 0.1) is 42.7 Å². The molecule has 2 aliphatic heterocycles. The van der Waals surface area contributed by atoms with Crippen molar-refractivity contribution in [1.82, 2.24) is 10.2 Å². The molecule has 0 fully saturated rings. The van der Waals surface area contributed by atoms with Crippen LogP contribution in [0.25, 0.3) is 6.08 Å². The molecule has 4 rings (SSSR count). The Kier molecular flexibility index (Phi) is 9.24. The molecule has 2 aliphatic rings. The molecule has 206 valence electrons. The molecule has 0 aromatic heterocycles. The Morgan fingerprint density at radius 3 is 1.79 bits per heavy atom. The van der Waals surface area contributed by atoms with Crippen LogP contribution in [0.3, 0.4) is 0 Å². The van der Waals surface area contributed by atoms with E-state index in [-0.39, 0.29) is 18.4 Å². The van der Waals surface area contributed by atoms with E-state index in [2.05, 4.69) is 23.3 Å². The summed E-state index contributed by atoms with van der Waals surface area (Å²) < 4.78 is 33.2. The summed E-state index contributed by atoms with van der Waals surface area (Å²) in [4.78, 5) is 6.99. The maximum atomic E-state index is 6.31. The summed E-state index contributed by atoms with van der Waals surface area (Å²) in [7, 11) is 11.6. The van der Waals surface area contributed by atoms with Gasteiger partial charge < -0.3 is 39.5 Å². The van der Waals surface area contributed by atoms with Crippen LogP contribution >= 0.6 is 12.4 Å². The van der Waals surface area contributed by atoms with Crippen molar-refractivity contribution in [1.29, 1.82) is 0 Å². The number of hydrogen-bond acceptors (Lipinski definition) is 10. The van der Waals surface area contributed by atoms with E-state index in [0.29, 0.717) is 53.5 Å². The van der Waals surface area contributed by atoms with Crippen molar-refractivity contribution < 1.29 is 28.4 Å². The SMILES string of the molecule is COc1cc(/C=C2\CN(C)CC3=C2NC(N)=NC3c2cc(OC)c(OC)c(OC)c2)cc(OC)c1OC.Cl. The first-order valence-corrected chi connectivity index (χ1v) is 11.7. The molecule has 0 radical (unpaired) electrons. The number of nitrogens with zero attached hydrogens (tertiary/aromatic N) is 2. The first-order chi connectivity index (χ1) is 17.9. The molecule has 0 saturated carbocycles. The van der Waals surface area contributed by atoms with Crippen molar-refractivity contribution in [3.63, 3.8) is 0 Å². The minimum atomic E-state index is -0.337. The molecule has 1 atom stereocenters. The van der Waals surface area contributed by atoms with E-state index in [4.69, 9.17) is 39.1 Å². The molecule has 2 heterocycles. The maximum absolute atomic E-state index is 6.31. The molecule has 2 aromatic carbocycles. The van der Waals surface area contributed by atoms with Gasteiger partial charge in [0.15, 0.2) is 29.0 Å². The molecule has 0 saturated heterocycles. The fourth-order valence-corrected chi connectivity index (χ4v) is 4.80. The van der Waals surface area contributed by atoms with Crippen LogP contribution in [-0.4, -0.2) is 73.7 Å². The topological polar surface area (TPSA) is 109 Å². The lowest BCUT2D eigenvalue weighted by atomic mass is 9.89. The van der Waals surface area contributed by atoms with Gasteiger partial charge in [0.25, 0.3) is 0 Å². The predicted molar refractivity (Wildman–Crippen MR) is 149 cm³/mol. The Labute approximate surface area is 229 Å². The summed E-state index contributed by atoms with van der Waals surface area (Å²) in [5.74, 6) is 3.69. The first kappa shape index (κ1) is 28.8. The summed E-state index contributed by atoms with van der Waals surface area (Å²) in [5.41, 5.74) is 11.2. The van der Waals surface area contributed by atoms with Crippen LogP contribution in [0, 0.1) is 0 Å². The third-order valence-corrected chi connectivity index (χ3v) is 6.40. The van der Waals surface area contributed by atoms with Crippen LogP contribution < -0.4 is 39.5 Å². The molecule has 0 spiro atoms. The number of halogens is 1. The normalized spacial score (nSPS) is 18.0. The van der Waals surface area contributed by atoms with E-state index < -0.39 is 0 Å². The number of nitrogens with two attached hydrogens (primary N) is 1. The fourth-order valence-electron chi connectivity index (χ4n) is 4.80. The molecule has 1 unspecified atom stereocenters. The second kappa shape index (κ2) is 12.2. The van der Waals surface area contributed by atoms with Crippen molar-refractivity contribution >= 4 is 24.4 Å². The van der Waals surface area contributed by atoms with Gasteiger partial charge in [-0.15, -0.1) is 12.4 Å². The molecule has 38 heavy (non-hydrogen) atoms. The summed E-state index contributed by atoms with van der Waals surface area (Å²) in [6.07, 6.45) is 2.09. The van der Waals surface area contributed by atoms with Crippen LogP contribution in [0.5, 0.6) is 34.5 Å². The lowest BCUT2D eigenvalue weighted by Crippen LogP contribution is -2.43. The molecular formula is C27H35ClN4O6. The minimum Gasteiger partial charge on any atom is -0.493 e. The van der Waals surface area contributed by atoms with Gasteiger partial charge in [-0.3, -0.25) is 4.90 Å². The number of rotatable bonds is 8. The van der Waals surface area contributed by atoms with E-state index in [9.17, 15) is 0 Å². The third kappa shape index (κ3) is 5.41. The second-order valence-electron chi connectivity index (χ2n) is 8.70. The van der Waals surface area contributed by atoms with Gasteiger partial charge >= 0.3 is 0 Å². The van der Waals surface area contributed by atoms with Crippen molar-refractivity contribution in [2.75, 3.05) is 62.8 Å². The van der Waals surface area contributed by atoms with Crippen LogP contribution in [0.1, 0.15) is 17.2 Å². The quantitative estimate of drug-likeness (QED) is 0.515. The zero-order chi connectivity index (χ0) is 26.7. The van der Waals surface area contributed by atoms with Gasteiger partial charge in [-0.05, 0) is 59.7 Å². The van der Waals surface area contributed by atoms with Gasteiger partial charge in [0.1, 0.15) is 6.04 Å². The van der Waals surface area contributed by atoms with Gasteiger partial charge in [-0.2, -0.15) is 0 Å². The smallest absolute Gasteiger partial charge is 0.203 e. The van der Waals surface area contributed by atoms with Crippen molar-refractivity contribution in [2.24, 2.45) is 10.7 Å². The Balaban J connectivity index is 0.00000400. The summed E-state index contributed by atoms with van der Waals surface area (Å²) in [6, 6.07) is 7.32. The molecule has 10 nitrogen and oxygen atoms in total. The number of ether oxygens (including phenoxy) is 6. The predicted octanol–water partition coefficient (Wildman–Crippen LogP) is 3.40. The minimum absolute atomic E-state index is 0. The molecule has 2 aromatic rings. The van der Waals surface area contributed by atoms with E-state index in [1.165, 1.54) is 0 Å². The first-order valence-electron chi connectivity index (χ1n) is 11.7. The summed E-state index contributed by atoms with van der Waals surface area (Å²) in [6.45, 7) is 1.41. The lowest BCUT2D eigenvalue weighted by Gasteiger charge is -2.36. The Bertz CT molecular complexity index is 1230. The highest BCUT2D eigenvalue weighted by Gasteiger charge is 2.32. The summed E-state index contributed by atoms with van der Waals surface area (Å²) >= 11 is 0. The highest BCUT2D eigenvalue weighted by molar-refractivity contribution is 5.85. The zero-order valence-corrected chi connectivity index (χ0v) is 23.5. The number of benzene rings is 2. The molecule has 11 heteroatoms. The highest BCUT2D eigenvalue weighted by atomic mass is 35.5. The number of hydrogen-bond donors (Lipinski definition) is 2. The molecular weight excluding hydrogens is 512 g/mol. The molecule has 0 aliphatic carbocycles. The average molecular weight is 547 g/mol. The van der Waals surface area contributed by atoms with Crippen molar-refractivity contribution in [3.8, 4) is 34.5 Å². The van der Waals surface area contributed by atoms with E-state index >= 15 is 0 Å². The third-order valence-electron chi connectivity index (χ3n) is 6.40. The van der Waals surface area contributed by atoms with E-state index in [1.807, 2.05) is 24.3 Å². The molecule has 0 amide bonds. The standard InChI is InChI=1S/C27H34N4O6.ClH/c1-31-13-17(8-15-9-19(32-2)25(36-6)20(10-15)33-3)24-18(14-31)23(29-27(28)30-24)16-11-21(34-4)26(37-7)22(12-16)35-5;/h8-12,23H,13-14H2,1-7H3,(H3,28,29,30);1H/b17-8+;. The molecule has 3 N–H and O–H groups in total. The number of methoxy groups -OCH3 is 6. The fraction of sp³-hybridized carbons (Fsp3) is 0.370. The van der Waals surface area contributed by atoms with Gasteiger partial charge in [0.2, 0.25) is 11.5 Å². The monoisotopic (exact) mass is 546 g/mol. The summed E-state index contributed by atoms with van der Waals surface area (Å²) in [5, 5.41) is 3.31. The van der Waals surface area contributed by atoms with Crippen molar-refractivity contribution in [2.45, 2.75) is 6.04 Å². The van der Waals surface area contributed by atoms with Crippen LogP contribution in [-0.2, 0) is 0 Å². The highest BCUT2D eigenvalue weighted by Crippen LogP contribution is 2.44. The van der Waals surface area contributed by atoms with Gasteiger partial charge in [0, 0.05) is 18.8 Å². The Morgan fingerprint density at radius 2 is 1.32 bits per heavy atom. The number of nitrogens with one attached hydrogen (secondary N) is 1. The zero-order valence-electron chi connectivity index (χ0n) is 22.7. The number of guanidine groups is 1. The average Bonchev–Trinajstić information content (AvgIpc) is 2.91. The van der Waals surface area contributed by atoms with Crippen molar-refractivity contribution in [3.05, 3.63) is 52.2 Å². The number of likely N-dealkylation sites (N-methyl/N-ethyl adjacent to an activating group) is 1. The van der Waals surface area contributed by atoms with Crippen LogP contribution in [0.4, 0.5) is 0 Å². The Hall–Kier alpha value is -3.76. The van der Waals surface area contributed by atoms with Crippen LogP contribution in [0.15, 0.2) is 46.1 Å². The Morgan fingerprint density at radius 1 is 0.816 bits per heavy atom. The van der Waals surface area contributed by atoms with Crippen LogP contribution in [0.2, 0.25) is 0 Å². The van der Waals surface area contributed by atoms with E-state index in [0.717, 1.165) is 28.0 Å². The number of aliphatic imine (C=N–C) groups is 1. The maximum Gasteiger partial charge on any atom is 0.203 e. The van der Waals surface area contributed by atoms with Gasteiger partial charge in [-0.25, -0.2) is 4.99 Å². The molecule has 0 bridgehead atoms. The lowest BCUT2D eigenvalue weighted by molar-refractivity contribution is 0.323. The van der Waals surface area contributed by atoms with E-state index in [1.54, 1.807) is 42.7 Å². The second-order valence-corrected chi connectivity index (χ2v) is 8.70. The largest absolute Gasteiger partial charge is 0.493 e.